The Morgan fingerprint density at radius 2 is 2.14 bits per heavy atom. The maximum absolute atomic E-state index is 11.1. The summed E-state index contributed by atoms with van der Waals surface area (Å²) in [6.07, 6.45) is 1.03. The van der Waals surface area contributed by atoms with E-state index in [1.807, 2.05) is 0 Å². The highest BCUT2D eigenvalue weighted by Gasteiger charge is 2.11. The number of rotatable bonds is 7. The smallest absolute Gasteiger partial charge is 0.308 e. The van der Waals surface area contributed by atoms with Crippen molar-refractivity contribution in [1.82, 2.24) is 5.32 Å². The Morgan fingerprint density at radius 1 is 1.50 bits per heavy atom. The molecule has 0 aromatic heterocycles. The van der Waals surface area contributed by atoms with Crippen molar-refractivity contribution < 1.29 is 19.4 Å². The first-order valence-electron chi connectivity index (χ1n) is 4.56. The van der Waals surface area contributed by atoms with E-state index in [0.717, 1.165) is 0 Å². The number of amides is 1. The molecular weight excluding hydrogens is 186 g/mol. The van der Waals surface area contributed by atoms with Gasteiger partial charge in [0.2, 0.25) is 5.91 Å². The average Bonchev–Trinajstić information content (AvgIpc) is 2.14. The molecule has 1 amide bonds. The van der Waals surface area contributed by atoms with E-state index in [9.17, 15) is 9.59 Å². The second-order valence-electron chi connectivity index (χ2n) is 3.14. The number of carbonyl (C=O) groups is 2. The normalized spacial score (nSPS) is 12.1. The fraction of sp³-hybridized carbons (Fsp3) is 0.778. The molecule has 0 heterocycles. The zero-order valence-electron chi connectivity index (χ0n) is 8.58. The predicted molar refractivity (Wildman–Crippen MR) is 50.9 cm³/mol. The number of nitrogens with one attached hydrogen (secondary N) is 1. The van der Waals surface area contributed by atoms with Gasteiger partial charge in [-0.05, 0) is 6.42 Å². The van der Waals surface area contributed by atoms with Crippen LogP contribution in [0.25, 0.3) is 0 Å². The summed E-state index contributed by atoms with van der Waals surface area (Å²) >= 11 is 0. The molecule has 1 atom stereocenters. The van der Waals surface area contributed by atoms with E-state index in [-0.39, 0.29) is 12.5 Å². The Labute approximate surface area is 83.4 Å². The van der Waals surface area contributed by atoms with E-state index in [1.54, 1.807) is 14.0 Å². The van der Waals surface area contributed by atoms with Crippen LogP contribution >= 0.6 is 0 Å². The van der Waals surface area contributed by atoms with Gasteiger partial charge in [0.05, 0.1) is 5.92 Å². The van der Waals surface area contributed by atoms with E-state index in [4.69, 9.17) is 9.84 Å². The van der Waals surface area contributed by atoms with Crippen molar-refractivity contribution in [2.45, 2.75) is 19.8 Å². The van der Waals surface area contributed by atoms with Gasteiger partial charge in [-0.15, -0.1) is 0 Å². The number of carbonyl (C=O) groups excluding carboxylic acids is 1. The van der Waals surface area contributed by atoms with Crippen LogP contribution in [-0.2, 0) is 14.3 Å². The summed E-state index contributed by atoms with van der Waals surface area (Å²) < 4.78 is 4.78. The standard InChI is InChI=1S/C9H17NO4/c1-7(9(12)13)6-10-8(11)4-3-5-14-2/h7H,3-6H2,1-2H3,(H,10,11)(H,12,13). The molecule has 0 aliphatic heterocycles. The number of hydrogen-bond donors (Lipinski definition) is 2. The molecule has 14 heavy (non-hydrogen) atoms. The van der Waals surface area contributed by atoms with Crippen LogP contribution in [0.3, 0.4) is 0 Å². The highest BCUT2D eigenvalue weighted by Crippen LogP contribution is 1.93. The van der Waals surface area contributed by atoms with Crippen molar-refractivity contribution in [3.05, 3.63) is 0 Å². The Hall–Kier alpha value is -1.10. The summed E-state index contributed by atoms with van der Waals surface area (Å²) in [5.74, 6) is -1.57. The average molecular weight is 203 g/mol. The second kappa shape index (κ2) is 7.32. The molecule has 5 nitrogen and oxygen atoms in total. The van der Waals surface area contributed by atoms with Gasteiger partial charge >= 0.3 is 5.97 Å². The van der Waals surface area contributed by atoms with Crippen LogP contribution in [0.15, 0.2) is 0 Å². The summed E-state index contributed by atoms with van der Waals surface area (Å²) in [6, 6.07) is 0. The van der Waals surface area contributed by atoms with Crippen LogP contribution in [0.1, 0.15) is 19.8 Å². The number of carboxylic acid groups (broad SMARTS) is 1. The molecule has 0 aliphatic carbocycles. The van der Waals surface area contributed by atoms with E-state index in [1.165, 1.54) is 0 Å². The van der Waals surface area contributed by atoms with Crippen molar-refractivity contribution in [3.8, 4) is 0 Å². The largest absolute Gasteiger partial charge is 0.481 e. The number of ether oxygens (including phenoxy) is 1. The van der Waals surface area contributed by atoms with Crippen molar-refractivity contribution in [3.63, 3.8) is 0 Å². The monoisotopic (exact) mass is 203 g/mol. The van der Waals surface area contributed by atoms with E-state index < -0.39 is 11.9 Å². The first-order chi connectivity index (χ1) is 6.57. The Morgan fingerprint density at radius 3 is 2.64 bits per heavy atom. The maximum Gasteiger partial charge on any atom is 0.308 e. The molecule has 0 aromatic rings. The van der Waals surface area contributed by atoms with Crippen LogP contribution in [0, 0.1) is 5.92 Å². The molecule has 0 rings (SSSR count). The lowest BCUT2D eigenvalue weighted by atomic mass is 10.2. The molecule has 0 saturated carbocycles. The van der Waals surface area contributed by atoms with Crippen molar-refractivity contribution in [2.75, 3.05) is 20.3 Å². The predicted octanol–water partition coefficient (Wildman–Crippen LogP) is 0.250. The van der Waals surface area contributed by atoms with Gasteiger partial charge in [0.1, 0.15) is 0 Å². The molecule has 1 unspecified atom stereocenters. The minimum absolute atomic E-state index is 0.129. The van der Waals surface area contributed by atoms with Crippen molar-refractivity contribution in [2.24, 2.45) is 5.92 Å². The second-order valence-corrected chi connectivity index (χ2v) is 3.14. The van der Waals surface area contributed by atoms with Crippen LogP contribution in [0.2, 0.25) is 0 Å². The highest BCUT2D eigenvalue weighted by atomic mass is 16.5. The molecule has 0 bridgehead atoms. The lowest BCUT2D eigenvalue weighted by molar-refractivity contribution is -0.141. The summed E-state index contributed by atoms with van der Waals surface area (Å²) in [5.41, 5.74) is 0. The van der Waals surface area contributed by atoms with E-state index in [0.29, 0.717) is 19.4 Å². The zero-order valence-corrected chi connectivity index (χ0v) is 8.58. The van der Waals surface area contributed by atoms with Crippen LogP contribution < -0.4 is 5.32 Å². The van der Waals surface area contributed by atoms with Gasteiger partial charge in [0.15, 0.2) is 0 Å². The maximum atomic E-state index is 11.1. The summed E-state index contributed by atoms with van der Waals surface area (Å²) in [4.78, 5) is 21.5. The third-order valence-electron chi connectivity index (χ3n) is 1.78. The number of hydrogen-bond acceptors (Lipinski definition) is 3. The fourth-order valence-electron chi connectivity index (χ4n) is 0.820. The summed E-state index contributed by atoms with van der Waals surface area (Å²) in [6.45, 7) is 2.28. The fourth-order valence-corrected chi connectivity index (χ4v) is 0.820. The Kier molecular flexibility index (Phi) is 6.74. The van der Waals surface area contributed by atoms with Crippen LogP contribution in [-0.4, -0.2) is 37.2 Å². The minimum Gasteiger partial charge on any atom is -0.481 e. The number of methoxy groups -OCH3 is 1. The van der Waals surface area contributed by atoms with E-state index in [2.05, 4.69) is 5.32 Å². The molecule has 5 heteroatoms. The number of aliphatic carboxylic acids is 1. The van der Waals surface area contributed by atoms with Gasteiger partial charge in [-0.25, -0.2) is 0 Å². The molecule has 0 spiro atoms. The summed E-state index contributed by atoms with van der Waals surface area (Å²) in [5, 5.41) is 11.1. The number of carboxylic acids is 1. The van der Waals surface area contributed by atoms with Crippen LogP contribution in [0.4, 0.5) is 0 Å². The molecule has 82 valence electrons. The van der Waals surface area contributed by atoms with E-state index >= 15 is 0 Å². The molecule has 0 saturated heterocycles. The lowest BCUT2D eigenvalue weighted by Crippen LogP contribution is -2.31. The Balaban J connectivity index is 3.48. The van der Waals surface area contributed by atoms with Gasteiger partial charge in [0, 0.05) is 26.7 Å². The Bertz CT molecular complexity index is 193. The third kappa shape index (κ3) is 6.42. The third-order valence-corrected chi connectivity index (χ3v) is 1.78. The summed E-state index contributed by atoms with van der Waals surface area (Å²) in [7, 11) is 1.57. The first-order valence-corrected chi connectivity index (χ1v) is 4.56. The molecular formula is C9H17NO4. The van der Waals surface area contributed by atoms with Gasteiger partial charge in [-0.3, -0.25) is 9.59 Å². The van der Waals surface area contributed by atoms with Crippen molar-refractivity contribution >= 4 is 11.9 Å². The van der Waals surface area contributed by atoms with Gasteiger partial charge in [-0.1, -0.05) is 6.92 Å². The molecule has 0 aliphatic rings. The zero-order chi connectivity index (χ0) is 11.0. The molecule has 2 N–H and O–H groups in total. The SMILES string of the molecule is COCCCC(=O)NCC(C)C(=O)O. The topological polar surface area (TPSA) is 75.6 Å². The first kappa shape index (κ1) is 12.9. The molecule has 0 radical (unpaired) electrons. The highest BCUT2D eigenvalue weighted by molar-refractivity contribution is 5.77. The molecule has 0 aromatic carbocycles. The van der Waals surface area contributed by atoms with Gasteiger partial charge < -0.3 is 15.2 Å². The van der Waals surface area contributed by atoms with Gasteiger partial charge in [0.25, 0.3) is 0 Å². The van der Waals surface area contributed by atoms with Crippen molar-refractivity contribution in [1.29, 1.82) is 0 Å². The van der Waals surface area contributed by atoms with Gasteiger partial charge in [-0.2, -0.15) is 0 Å². The molecule has 0 fully saturated rings. The minimum atomic E-state index is -0.901. The van der Waals surface area contributed by atoms with Crippen LogP contribution in [0.5, 0.6) is 0 Å². The quantitative estimate of drug-likeness (QED) is 0.581. The lowest BCUT2D eigenvalue weighted by Gasteiger charge is -2.07.